The highest BCUT2D eigenvalue weighted by molar-refractivity contribution is 7.92. The molecule has 246 valence electrons. The fourth-order valence-electron chi connectivity index (χ4n) is 5.38. The van der Waals surface area contributed by atoms with Gasteiger partial charge in [0.25, 0.3) is 15.9 Å². The minimum absolute atomic E-state index is 0.0806. The minimum atomic E-state index is -4.02. The summed E-state index contributed by atoms with van der Waals surface area (Å²) in [5.41, 5.74) is 1.54. The van der Waals surface area contributed by atoms with Crippen LogP contribution in [-0.2, 0) is 21.2 Å². The summed E-state index contributed by atoms with van der Waals surface area (Å²) in [5, 5.41) is 1.55. The van der Waals surface area contributed by atoms with E-state index in [2.05, 4.69) is 4.72 Å². The molecule has 0 unspecified atom stereocenters. The second-order valence-electron chi connectivity index (χ2n) is 12.3. The summed E-state index contributed by atoms with van der Waals surface area (Å²) in [6, 6.07) is 21.6. The van der Waals surface area contributed by atoms with Gasteiger partial charge in [0.15, 0.2) is 5.78 Å². The number of carbonyl (C=O) groups excluding carboxylic acids is 3. The average molecular weight is 697 g/mol. The van der Waals surface area contributed by atoms with Gasteiger partial charge >= 0.3 is 6.09 Å². The number of ketones is 1. The molecule has 1 saturated heterocycles. The Labute approximate surface area is 284 Å². The normalized spacial score (nSPS) is 13.8. The molecule has 1 heterocycles. The summed E-state index contributed by atoms with van der Waals surface area (Å²) in [5.74, 6) is -0.252. The Hall–Kier alpha value is -4.12. The van der Waals surface area contributed by atoms with E-state index in [1.165, 1.54) is 18.2 Å². The van der Waals surface area contributed by atoms with Gasteiger partial charge in [-0.1, -0.05) is 65.7 Å². The van der Waals surface area contributed by atoms with Crippen molar-refractivity contribution in [2.45, 2.75) is 44.1 Å². The van der Waals surface area contributed by atoms with E-state index in [1.807, 2.05) is 26.8 Å². The highest BCUT2D eigenvalue weighted by Crippen LogP contribution is 2.30. The zero-order valence-corrected chi connectivity index (χ0v) is 28.6. The first-order valence-electron chi connectivity index (χ1n) is 15.1. The van der Waals surface area contributed by atoms with E-state index in [1.54, 1.807) is 64.4 Å². The molecule has 1 aliphatic rings. The average Bonchev–Trinajstić information content (AvgIpc) is 3.02. The van der Waals surface area contributed by atoms with Crippen LogP contribution in [0.25, 0.3) is 10.8 Å². The fourth-order valence-corrected chi connectivity index (χ4v) is 7.19. The number of hydrogen-bond acceptors (Lipinski definition) is 6. The molecule has 1 fully saturated rings. The van der Waals surface area contributed by atoms with E-state index in [-0.39, 0.29) is 39.1 Å². The molecular weight excluding hydrogens is 661 g/mol. The second kappa shape index (κ2) is 13.9. The minimum Gasteiger partial charge on any atom is -0.444 e. The largest absolute Gasteiger partial charge is 0.444 e. The number of aryl methyl sites for hydroxylation is 1. The summed E-state index contributed by atoms with van der Waals surface area (Å²) < 4.78 is 34.3. The third-order valence-corrected chi connectivity index (χ3v) is 9.43. The Bertz CT molecular complexity index is 1930. The molecule has 0 radical (unpaired) electrons. The SMILES string of the molecule is CC(C)(C)OC(=O)N1CCN(C(=O)c2cccc(CCC(=O)c3cccc4c(NS(=O)(=O)c5cc(Cl)cc(Cl)c5)cccc34)c2)CC1. The third kappa shape index (κ3) is 8.43. The Balaban J connectivity index is 1.25. The highest BCUT2D eigenvalue weighted by atomic mass is 35.5. The van der Waals surface area contributed by atoms with Crippen LogP contribution in [0.3, 0.4) is 0 Å². The first-order valence-corrected chi connectivity index (χ1v) is 17.3. The smallest absolute Gasteiger partial charge is 0.410 e. The fraction of sp³-hybridized carbons (Fsp3) is 0.286. The lowest BCUT2D eigenvalue weighted by Crippen LogP contribution is -2.51. The molecule has 12 heteroatoms. The third-order valence-electron chi connectivity index (χ3n) is 7.65. The van der Waals surface area contributed by atoms with Gasteiger partial charge in [0, 0.05) is 59.2 Å². The van der Waals surface area contributed by atoms with Crippen LogP contribution in [0.15, 0.2) is 83.8 Å². The van der Waals surface area contributed by atoms with Gasteiger partial charge in [-0.2, -0.15) is 0 Å². The van der Waals surface area contributed by atoms with Crippen LogP contribution in [-0.4, -0.2) is 67.8 Å². The van der Waals surface area contributed by atoms with Crippen molar-refractivity contribution >= 4 is 67.5 Å². The predicted octanol–water partition coefficient (Wildman–Crippen LogP) is 7.46. The van der Waals surface area contributed by atoms with E-state index in [0.29, 0.717) is 60.2 Å². The van der Waals surface area contributed by atoms with Crippen LogP contribution in [0, 0.1) is 0 Å². The zero-order valence-electron chi connectivity index (χ0n) is 26.3. The number of Topliss-reactive ketones (excluding diaryl/α,β-unsaturated/α-hetero) is 1. The van der Waals surface area contributed by atoms with Crippen molar-refractivity contribution < 1.29 is 27.5 Å². The van der Waals surface area contributed by atoms with Gasteiger partial charge in [-0.05, 0) is 74.5 Å². The number of ether oxygens (including phenoxy) is 1. The van der Waals surface area contributed by atoms with Crippen molar-refractivity contribution in [1.82, 2.24) is 9.80 Å². The molecule has 1 aliphatic heterocycles. The number of halogens is 2. The van der Waals surface area contributed by atoms with Crippen molar-refractivity contribution in [1.29, 1.82) is 0 Å². The number of sulfonamides is 1. The number of hydrogen-bond donors (Lipinski definition) is 1. The molecule has 4 aromatic rings. The van der Waals surface area contributed by atoms with Gasteiger partial charge in [-0.15, -0.1) is 0 Å². The summed E-state index contributed by atoms with van der Waals surface area (Å²) in [6.45, 7) is 7.02. The van der Waals surface area contributed by atoms with Gasteiger partial charge in [-0.3, -0.25) is 14.3 Å². The van der Waals surface area contributed by atoms with Crippen molar-refractivity contribution in [3.05, 3.63) is 106 Å². The Morgan fingerprint density at radius 1 is 0.809 bits per heavy atom. The van der Waals surface area contributed by atoms with Crippen LogP contribution in [0.4, 0.5) is 10.5 Å². The monoisotopic (exact) mass is 695 g/mol. The topological polar surface area (TPSA) is 113 Å². The van der Waals surface area contributed by atoms with Crippen LogP contribution in [0.5, 0.6) is 0 Å². The van der Waals surface area contributed by atoms with E-state index in [4.69, 9.17) is 27.9 Å². The van der Waals surface area contributed by atoms with Crippen LogP contribution in [0.1, 0.15) is 53.5 Å². The summed E-state index contributed by atoms with van der Waals surface area (Å²) in [6.07, 6.45) is 0.204. The molecule has 0 bridgehead atoms. The maximum absolute atomic E-state index is 13.5. The predicted molar refractivity (Wildman–Crippen MR) is 184 cm³/mol. The van der Waals surface area contributed by atoms with Gasteiger partial charge in [0.1, 0.15) is 5.60 Å². The number of anilines is 1. The van der Waals surface area contributed by atoms with E-state index < -0.39 is 15.6 Å². The molecule has 5 rings (SSSR count). The molecule has 0 saturated carbocycles. The lowest BCUT2D eigenvalue weighted by atomic mass is 9.96. The summed E-state index contributed by atoms with van der Waals surface area (Å²) >= 11 is 12.1. The van der Waals surface area contributed by atoms with E-state index in [9.17, 15) is 22.8 Å². The van der Waals surface area contributed by atoms with E-state index in [0.717, 1.165) is 5.56 Å². The van der Waals surface area contributed by atoms with Gasteiger partial charge in [0.05, 0.1) is 10.6 Å². The zero-order chi connectivity index (χ0) is 33.9. The number of piperazine rings is 1. The van der Waals surface area contributed by atoms with Gasteiger partial charge < -0.3 is 14.5 Å². The molecule has 0 atom stereocenters. The summed E-state index contributed by atoms with van der Waals surface area (Å²) in [4.78, 5) is 42.4. The Morgan fingerprint density at radius 3 is 2.11 bits per heavy atom. The van der Waals surface area contributed by atoms with Crippen LogP contribution < -0.4 is 4.72 Å². The number of nitrogens with one attached hydrogen (secondary N) is 1. The van der Waals surface area contributed by atoms with Crippen molar-refractivity contribution in [2.24, 2.45) is 0 Å². The number of amides is 2. The van der Waals surface area contributed by atoms with Crippen molar-refractivity contribution in [3.63, 3.8) is 0 Å². The molecule has 47 heavy (non-hydrogen) atoms. The lowest BCUT2D eigenvalue weighted by molar-refractivity contribution is 0.0141. The summed E-state index contributed by atoms with van der Waals surface area (Å²) in [7, 11) is -4.02. The first-order chi connectivity index (χ1) is 22.2. The maximum Gasteiger partial charge on any atom is 0.410 e. The molecule has 0 spiro atoms. The van der Waals surface area contributed by atoms with Crippen molar-refractivity contribution in [3.8, 4) is 0 Å². The maximum atomic E-state index is 13.5. The number of fused-ring (bicyclic) bond motifs is 1. The van der Waals surface area contributed by atoms with E-state index >= 15 is 0 Å². The molecule has 4 aromatic carbocycles. The quantitative estimate of drug-likeness (QED) is 0.192. The van der Waals surface area contributed by atoms with Gasteiger partial charge in [-0.25, -0.2) is 13.2 Å². The standard InChI is InChI=1S/C35H35Cl2N3O6S/c1-35(2,3)46-34(43)40-17-15-39(16-18-40)33(42)24-8-4-7-23(19-24)13-14-32(41)30-11-5-10-29-28(30)9-6-12-31(29)38-47(44,45)27-21-25(36)20-26(37)22-27/h4-12,19-22,38H,13-18H2,1-3H3. The molecule has 0 aromatic heterocycles. The van der Waals surface area contributed by atoms with Gasteiger partial charge in [0.2, 0.25) is 0 Å². The number of rotatable bonds is 8. The lowest BCUT2D eigenvalue weighted by Gasteiger charge is -2.35. The molecule has 1 N–H and O–H groups in total. The number of nitrogens with zero attached hydrogens (tertiary/aromatic N) is 2. The molecule has 9 nitrogen and oxygen atoms in total. The van der Waals surface area contributed by atoms with Crippen LogP contribution in [0.2, 0.25) is 10.0 Å². The van der Waals surface area contributed by atoms with Crippen LogP contribution >= 0.6 is 23.2 Å². The highest BCUT2D eigenvalue weighted by Gasteiger charge is 2.28. The van der Waals surface area contributed by atoms with Crippen molar-refractivity contribution in [2.75, 3.05) is 30.9 Å². The second-order valence-corrected chi connectivity index (χ2v) is 14.9. The number of carbonyl (C=O) groups is 3. The Kier molecular flexibility index (Phi) is 10.1. The first kappa shape index (κ1) is 34.2. The molecule has 0 aliphatic carbocycles. The molecule has 2 amide bonds. The number of benzene rings is 4. The molecular formula is C35H35Cl2N3O6S. The Morgan fingerprint density at radius 2 is 1.43 bits per heavy atom.